The van der Waals surface area contributed by atoms with Crippen LogP contribution in [0.25, 0.3) is 17.4 Å². The Kier molecular flexibility index (Phi) is 7.80. The van der Waals surface area contributed by atoms with Crippen molar-refractivity contribution < 1.29 is 23.5 Å². The lowest BCUT2D eigenvalue weighted by Gasteiger charge is -2.27. The highest BCUT2D eigenvalue weighted by molar-refractivity contribution is 6.19. The fourth-order valence-electron chi connectivity index (χ4n) is 3.99. The summed E-state index contributed by atoms with van der Waals surface area (Å²) < 4.78 is 11.1. The summed E-state index contributed by atoms with van der Waals surface area (Å²) in [6.45, 7) is 4.05. The van der Waals surface area contributed by atoms with Crippen molar-refractivity contribution in [2.75, 3.05) is 13.2 Å². The van der Waals surface area contributed by atoms with Crippen LogP contribution in [0.5, 0.6) is 0 Å². The molecule has 0 aliphatic carbocycles. The van der Waals surface area contributed by atoms with Crippen LogP contribution >= 0.6 is 0 Å². The van der Waals surface area contributed by atoms with E-state index in [2.05, 4.69) is 0 Å². The van der Waals surface area contributed by atoms with Gasteiger partial charge in [0.15, 0.2) is 0 Å². The predicted molar refractivity (Wildman–Crippen MR) is 138 cm³/mol. The lowest BCUT2D eigenvalue weighted by atomic mass is 9.94. The van der Waals surface area contributed by atoms with Gasteiger partial charge in [-0.05, 0) is 61.2 Å². The molecule has 37 heavy (non-hydrogen) atoms. The number of rotatable bonds is 8. The van der Waals surface area contributed by atoms with Crippen molar-refractivity contribution in [2.24, 2.45) is 0 Å². The number of carbonyl (C=O) groups is 3. The molecule has 2 aromatic carbocycles. The molecule has 2 amide bonds. The molecule has 7 heteroatoms. The van der Waals surface area contributed by atoms with E-state index in [0.29, 0.717) is 35.7 Å². The van der Waals surface area contributed by atoms with Gasteiger partial charge in [0.25, 0.3) is 11.8 Å². The topological polar surface area (TPSA) is 101 Å². The van der Waals surface area contributed by atoms with Crippen LogP contribution in [0.1, 0.15) is 41.9 Å². The SMILES string of the molecule is CCCOC(=O)c1ccc(-c2ccc(/C=C3/C(=O)N(CCc4ccccc4)C(=O)C(C#N)=C3C)o2)cc1. The van der Waals surface area contributed by atoms with E-state index in [0.717, 1.165) is 22.4 Å². The van der Waals surface area contributed by atoms with E-state index in [1.165, 1.54) is 0 Å². The summed E-state index contributed by atoms with van der Waals surface area (Å²) in [5.41, 5.74) is 2.68. The number of ether oxygens (including phenoxy) is 1. The molecule has 1 aliphatic rings. The van der Waals surface area contributed by atoms with E-state index in [4.69, 9.17) is 9.15 Å². The molecule has 0 N–H and O–H groups in total. The lowest BCUT2D eigenvalue weighted by molar-refractivity contribution is -0.140. The first-order valence-electron chi connectivity index (χ1n) is 12.0. The van der Waals surface area contributed by atoms with Gasteiger partial charge in [0.2, 0.25) is 0 Å². The average Bonchev–Trinajstić information content (AvgIpc) is 3.39. The van der Waals surface area contributed by atoms with Gasteiger partial charge in [0, 0.05) is 17.7 Å². The Morgan fingerprint density at radius 3 is 2.43 bits per heavy atom. The highest BCUT2D eigenvalue weighted by Crippen LogP contribution is 2.29. The second-order valence-corrected chi connectivity index (χ2v) is 8.58. The Hall–Kier alpha value is -4.70. The van der Waals surface area contributed by atoms with Gasteiger partial charge in [-0.25, -0.2) is 4.79 Å². The minimum absolute atomic E-state index is 0.0590. The van der Waals surface area contributed by atoms with Crippen LogP contribution < -0.4 is 0 Å². The summed E-state index contributed by atoms with van der Waals surface area (Å²) in [5, 5.41) is 9.62. The largest absolute Gasteiger partial charge is 0.462 e. The Morgan fingerprint density at radius 2 is 1.76 bits per heavy atom. The quantitative estimate of drug-likeness (QED) is 0.238. The van der Waals surface area contributed by atoms with Crippen LogP contribution in [-0.2, 0) is 20.7 Å². The molecule has 4 rings (SSSR count). The van der Waals surface area contributed by atoms with Gasteiger partial charge in [0.1, 0.15) is 23.2 Å². The zero-order valence-electron chi connectivity index (χ0n) is 20.7. The maximum absolute atomic E-state index is 13.3. The number of benzene rings is 2. The van der Waals surface area contributed by atoms with Crippen molar-refractivity contribution >= 4 is 23.9 Å². The van der Waals surface area contributed by atoms with E-state index in [1.54, 1.807) is 49.4 Å². The summed E-state index contributed by atoms with van der Waals surface area (Å²) in [5.74, 6) is -0.487. The van der Waals surface area contributed by atoms with E-state index in [-0.39, 0.29) is 23.7 Å². The maximum atomic E-state index is 13.3. The zero-order valence-corrected chi connectivity index (χ0v) is 20.7. The summed E-state index contributed by atoms with van der Waals surface area (Å²) in [6.07, 6.45) is 2.79. The van der Waals surface area contributed by atoms with Gasteiger partial charge < -0.3 is 9.15 Å². The highest BCUT2D eigenvalue weighted by Gasteiger charge is 2.35. The number of esters is 1. The Morgan fingerprint density at radius 1 is 1.03 bits per heavy atom. The number of furan rings is 1. The molecule has 3 aromatic rings. The number of hydrogen-bond acceptors (Lipinski definition) is 6. The minimum atomic E-state index is -0.587. The van der Waals surface area contributed by atoms with Gasteiger partial charge >= 0.3 is 5.97 Å². The average molecular weight is 495 g/mol. The molecule has 2 heterocycles. The number of nitriles is 1. The third-order valence-corrected chi connectivity index (χ3v) is 6.05. The number of hydrogen-bond donors (Lipinski definition) is 0. The minimum Gasteiger partial charge on any atom is -0.462 e. The van der Waals surface area contributed by atoms with E-state index in [9.17, 15) is 19.6 Å². The summed E-state index contributed by atoms with van der Waals surface area (Å²) in [4.78, 5) is 39.3. The fraction of sp³-hybridized carbons (Fsp3) is 0.200. The van der Waals surface area contributed by atoms with Crippen LogP contribution in [0, 0.1) is 11.3 Å². The molecule has 0 unspecified atom stereocenters. The standard InChI is InChI=1S/C30H26N2O5/c1-3-17-36-30(35)23-11-9-22(10-12-23)27-14-13-24(37-27)18-25-20(2)26(19-31)29(34)32(28(25)33)16-15-21-7-5-4-6-8-21/h4-14,18H,3,15-17H2,1-2H3/b25-18+. The van der Waals surface area contributed by atoms with Crippen molar-refractivity contribution in [2.45, 2.75) is 26.7 Å². The summed E-state index contributed by atoms with van der Waals surface area (Å²) in [7, 11) is 0. The first kappa shape index (κ1) is 25.4. The molecule has 7 nitrogen and oxygen atoms in total. The molecule has 0 spiro atoms. The lowest BCUT2D eigenvalue weighted by Crippen LogP contribution is -2.43. The normalized spacial score (nSPS) is 14.7. The second-order valence-electron chi connectivity index (χ2n) is 8.58. The highest BCUT2D eigenvalue weighted by atomic mass is 16.5. The van der Waals surface area contributed by atoms with Gasteiger partial charge in [-0.15, -0.1) is 0 Å². The molecule has 186 valence electrons. The third-order valence-electron chi connectivity index (χ3n) is 6.05. The van der Waals surface area contributed by atoms with Crippen molar-refractivity contribution in [1.82, 2.24) is 4.90 Å². The van der Waals surface area contributed by atoms with Crippen LogP contribution in [0.15, 0.2) is 87.9 Å². The molecule has 0 radical (unpaired) electrons. The summed E-state index contributed by atoms with van der Waals surface area (Å²) in [6, 6.07) is 21.8. The zero-order chi connectivity index (χ0) is 26.4. The number of nitrogens with zero attached hydrogens (tertiary/aromatic N) is 2. The Balaban J connectivity index is 1.57. The first-order chi connectivity index (χ1) is 17.9. The van der Waals surface area contributed by atoms with Crippen LogP contribution in [0.4, 0.5) is 0 Å². The van der Waals surface area contributed by atoms with Crippen molar-refractivity contribution in [3.63, 3.8) is 0 Å². The maximum Gasteiger partial charge on any atom is 0.338 e. The number of amides is 2. The molecular weight excluding hydrogens is 468 g/mol. The fourth-order valence-corrected chi connectivity index (χ4v) is 3.99. The van der Waals surface area contributed by atoms with E-state index in [1.807, 2.05) is 43.3 Å². The van der Waals surface area contributed by atoms with Crippen molar-refractivity contribution in [3.8, 4) is 17.4 Å². The number of carbonyl (C=O) groups excluding carboxylic acids is 3. The van der Waals surface area contributed by atoms with Crippen LogP contribution in [0.2, 0.25) is 0 Å². The van der Waals surface area contributed by atoms with Gasteiger partial charge in [-0.1, -0.05) is 49.4 Å². The predicted octanol–water partition coefficient (Wildman–Crippen LogP) is 5.35. The molecular formula is C30H26N2O5. The third kappa shape index (κ3) is 5.60. The molecule has 0 atom stereocenters. The number of imide groups is 1. The summed E-state index contributed by atoms with van der Waals surface area (Å²) >= 11 is 0. The van der Waals surface area contributed by atoms with E-state index >= 15 is 0 Å². The Bertz CT molecular complexity index is 1420. The van der Waals surface area contributed by atoms with E-state index < -0.39 is 11.8 Å². The van der Waals surface area contributed by atoms with Crippen LogP contribution in [0.3, 0.4) is 0 Å². The van der Waals surface area contributed by atoms with Crippen LogP contribution in [-0.4, -0.2) is 35.8 Å². The molecule has 0 bridgehead atoms. The molecule has 1 aromatic heterocycles. The smallest absolute Gasteiger partial charge is 0.338 e. The first-order valence-corrected chi connectivity index (χ1v) is 12.0. The monoisotopic (exact) mass is 494 g/mol. The molecule has 1 aliphatic heterocycles. The van der Waals surface area contributed by atoms with Crippen molar-refractivity contribution in [3.05, 3.63) is 100 Å². The van der Waals surface area contributed by atoms with Gasteiger partial charge in [0.05, 0.1) is 12.2 Å². The van der Waals surface area contributed by atoms with Gasteiger partial charge in [-0.3, -0.25) is 14.5 Å². The van der Waals surface area contributed by atoms with Gasteiger partial charge in [-0.2, -0.15) is 5.26 Å². The molecule has 0 saturated heterocycles. The molecule has 0 saturated carbocycles. The Labute approximate surface area is 215 Å². The van der Waals surface area contributed by atoms with Crippen molar-refractivity contribution in [1.29, 1.82) is 5.26 Å². The molecule has 0 fully saturated rings. The second kappa shape index (κ2) is 11.4.